The summed E-state index contributed by atoms with van der Waals surface area (Å²) in [5, 5.41) is 6.89. The predicted octanol–water partition coefficient (Wildman–Crippen LogP) is -1.61. The molecule has 0 aromatic heterocycles. The van der Waals surface area contributed by atoms with Crippen LogP contribution in [0.5, 0.6) is 0 Å². The summed E-state index contributed by atoms with van der Waals surface area (Å²) >= 11 is 0. The van der Waals surface area contributed by atoms with E-state index in [2.05, 4.69) is 0 Å². The first kappa shape index (κ1) is 22.6. The highest BCUT2D eigenvalue weighted by atomic mass is 16.7. The first-order valence-corrected chi connectivity index (χ1v) is 1.73. The zero-order valence-electron chi connectivity index (χ0n) is 5.38. The van der Waals surface area contributed by atoms with Crippen molar-refractivity contribution in [2.24, 2.45) is 0 Å². The van der Waals surface area contributed by atoms with E-state index >= 15 is 0 Å². The molecule has 0 saturated carbocycles. The van der Waals surface area contributed by atoms with Gasteiger partial charge in [0.15, 0.2) is 0 Å². The molecular formula is C4H2O8. The smallest absolute Gasteiger partial charge is 0.373 e. The summed E-state index contributed by atoms with van der Waals surface area (Å²) < 4.78 is 0. The Morgan fingerprint density at radius 2 is 1.00 bits per heavy atom. The van der Waals surface area contributed by atoms with Gasteiger partial charge in [0.2, 0.25) is 11.9 Å². The summed E-state index contributed by atoms with van der Waals surface area (Å²) in [6.07, 6.45) is 0.250. The molecule has 0 spiro atoms. The van der Waals surface area contributed by atoms with Crippen molar-refractivity contribution in [3.05, 3.63) is 9.93 Å². The summed E-state index contributed by atoms with van der Waals surface area (Å²) in [6.45, 7) is -0.250. The van der Waals surface area contributed by atoms with Crippen molar-refractivity contribution in [3.8, 4) is 0 Å². The van der Waals surface area contributed by atoms with Gasteiger partial charge < -0.3 is 5.11 Å². The van der Waals surface area contributed by atoms with E-state index < -0.39 is 0 Å². The molecule has 0 aliphatic rings. The van der Waals surface area contributed by atoms with E-state index in [9.17, 15) is 0 Å². The SMILES string of the molecule is O=C=C=O.O=C=O.O=CO.O=O. The maximum absolute atomic E-state index is 8.62. The molecule has 0 aliphatic heterocycles. The van der Waals surface area contributed by atoms with Crippen LogP contribution in [0.2, 0.25) is 0 Å². The van der Waals surface area contributed by atoms with E-state index in [-0.39, 0.29) is 12.6 Å². The highest BCUT2D eigenvalue weighted by Gasteiger charge is 1.27. The zero-order chi connectivity index (χ0) is 10.8. The van der Waals surface area contributed by atoms with Crippen LogP contribution in [0.15, 0.2) is 0 Å². The molecule has 0 saturated heterocycles. The minimum atomic E-state index is -0.250. The molecule has 0 heterocycles. The third-order valence-corrected chi connectivity index (χ3v) is 0.0417. The van der Waals surface area contributed by atoms with E-state index in [1.807, 2.05) is 0 Å². The average molecular weight is 178 g/mol. The Balaban J connectivity index is -0.0000000368. The van der Waals surface area contributed by atoms with Crippen molar-refractivity contribution in [2.45, 2.75) is 0 Å². The lowest BCUT2D eigenvalue weighted by Crippen LogP contribution is -1.49. The van der Waals surface area contributed by atoms with Crippen molar-refractivity contribution >= 4 is 24.5 Å². The molecule has 0 aromatic rings. The summed E-state index contributed by atoms with van der Waals surface area (Å²) in [4.78, 5) is 55.9. The van der Waals surface area contributed by atoms with E-state index in [1.165, 1.54) is 0 Å². The largest absolute Gasteiger partial charge is 0.483 e. The molecule has 0 amide bonds. The molecule has 0 radical (unpaired) electrons. The third-order valence-electron chi connectivity index (χ3n) is 0.0417. The molecule has 0 bridgehead atoms. The van der Waals surface area contributed by atoms with Crippen molar-refractivity contribution in [3.63, 3.8) is 0 Å². The highest BCUT2D eigenvalue weighted by molar-refractivity contribution is 5.81. The van der Waals surface area contributed by atoms with Gasteiger partial charge in [0.1, 0.15) is 0 Å². The van der Waals surface area contributed by atoms with Gasteiger partial charge >= 0.3 is 6.15 Å². The van der Waals surface area contributed by atoms with Gasteiger partial charge in [-0.15, -0.1) is 0 Å². The standard InChI is InChI=1S/C2O2.CH2O2.CO2.O2/c3-1-2-4;2*2-1-3;1-2/h;1H,(H,2,3);;. The molecule has 0 aromatic carbocycles. The normalized spacial score (nSPS) is 3.00. The Bertz CT molecular complexity index is 157. The fourth-order valence-corrected chi connectivity index (χ4v) is 0. The van der Waals surface area contributed by atoms with Crippen LogP contribution in [0.25, 0.3) is 0 Å². The third kappa shape index (κ3) is 172. The van der Waals surface area contributed by atoms with E-state index in [1.54, 1.807) is 0 Å². The van der Waals surface area contributed by atoms with Crippen LogP contribution in [0.3, 0.4) is 0 Å². The number of rotatable bonds is 0. The lowest BCUT2D eigenvalue weighted by atomic mass is 11.2. The number of carboxylic acid groups (broad SMARTS) is 1. The molecule has 0 atom stereocenters. The van der Waals surface area contributed by atoms with Crippen LogP contribution in [-0.2, 0) is 24.0 Å². The number of hydrogen-bond donors (Lipinski definition) is 1. The monoisotopic (exact) mass is 178 g/mol. The summed E-state index contributed by atoms with van der Waals surface area (Å²) in [5.74, 6) is 1.75. The second-order valence-electron chi connectivity index (χ2n) is 0.393. The van der Waals surface area contributed by atoms with Crippen LogP contribution in [0.1, 0.15) is 0 Å². The Labute approximate surface area is 64.7 Å². The van der Waals surface area contributed by atoms with Crippen LogP contribution < -0.4 is 0 Å². The topological polar surface area (TPSA) is 140 Å². The number of carbonyl (C=O) groups excluding carboxylic acids is 4. The molecule has 66 valence electrons. The Hall–Kier alpha value is -2.39. The molecule has 0 aliphatic carbocycles. The average Bonchev–Trinajstić information content (AvgIpc) is 2.10. The second-order valence-corrected chi connectivity index (χ2v) is 0.393. The fourth-order valence-electron chi connectivity index (χ4n) is 0. The first-order valence-electron chi connectivity index (χ1n) is 1.73. The summed E-state index contributed by atoms with van der Waals surface area (Å²) in [5.41, 5.74) is 0. The molecule has 1 N–H and O–H groups in total. The highest BCUT2D eigenvalue weighted by Crippen LogP contribution is 0.966. The van der Waals surface area contributed by atoms with E-state index in [0.717, 1.165) is 11.9 Å². The molecule has 0 rings (SSSR count). The van der Waals surface area contributed by atoms with Gasteiger partial charge in [-0.25, -0.2) is 9.59 Å². The van der Waals surface area contributed by atoms with Crippen molar-refractivity contribution in [2.75, 3.05) is 0 Å². The summed E-state index contributed by atoms with van der Waals surface area (Å²) in [7, 11) is 0. The summed E-state index contributed by atoms with van der Waals surface area (Å²) in [6, 6.07) is 0. The maximum Gasteiger partial charge on any atom is 0.373 e. The minimum absolute atomic E-state index is 0.250. The Morgan fingerprint density at radius 1 is 0.917 bits per heavy atom. The first-order chi connectivity index (χ1) is 5.74. The van der Waals surface area contributed by atoms with Gasteiger partial charge in [0, 0.05) is 9.93 Å². The molecule has 12 heavy (non-hydrogen) atoms. The molecule has 8 nitrogen and oxygen atoms in total. The lowest BCUT2D eigenvalue weighted by Gasteiger charge is -1.34. The molecular weight excluding hydrogens is 176 g/mol. The Morgan fingerprint density at radius 3 is 1.00 bits per heavy atom. The van der Waals surface area contributed by atoms with Gasteiger partial charge in [-0.2, -0.15) is 9.59 Å². The quantitative estimate of drug-likeness (QED) is 0.345. The van der Waals surface area contributed by atoms with Crippen LogP contribution >= 0.6 is 0 Å². The van der Waals surface area contributed by atoms with Gasteiger partial charge in [0.05, 0.1) is 0 Å². The zero-order valence-corrected chi connectivity index (χ0v) is 5.38. The van der Waals surface area contributed by atoms with Gasteiger partial charge in [0.25, 0.3) is 6.47 Å². The van der Waals surface area contributed by atoms with E-state index in [0.29, 0.717) is 0 Å². The molecule has 0 unspecified atom stereocenters. The van der Waals surface area contributed by atoms with E-state index in [4.69, 9.17) is 39.0 Å². The second kappa shape index (κ2) is 192. The maximum atomic E-state index is 8.62. The van der Waals surface area contributed by atoms with Gasteiger partial charge in [-0.1, -0.05) is 0 Å². The minimum Gasteiger partial charge on any atom is -0.483 e. The van der Waals surface area contributed by atoms with Crippen LogP contribution in [-0.4, -0.2) is 29.6 Å². The van der Waals surface area contributed by atoms with Crippen LogP contribution in [0.4, 0.5) is 0 Å². The van der Waals surface area contributed by atoms with Gasteiger partial charge in [-0.05, 0) is 0 Å². The number of carbonyl (C=O) groups is 1. The molecule has 0 fully saturated rings. The van der Waals surface area contributed by atoms with Gasteiger partial charge in [-0.3, -0.25) is 4.79 Å². The van der Waals surface area contributed by atoms with Crippen LogP contribution in [0, 0.1) is 9.93 Å². The van der Waals surface area contributed by atoms with Crippen molar-refractivity contribution in [1.82, 2.24) is 0 Å². The fraction of sp³-hybridized carbons (Fsp3) is 0. The van der Waals surface area contributed by atoms with Crippen molar-refractivity contribution in [1.29, 1.82) is 0 Å². The van der Waals surface area contributed by atoms with Crippen molar-refractivity contribution < 1.29 is 29.1 Å². The Kier molecular flexibility index (Phi) is 363. The lowest BCUT2D eigenvalue weighted by molar-refractivity contribution is -0.191. The number of hydrogen-bond acceptors (Lipinski definition) is 7. The molecule has 8 heteroatoms. The predicted molar refractivity (Wildman–Crippen MR) is 31.8 cm³/mol.